The first-order valence-corrected chi connectivity index (χ1v) is 11.0. The fourth-order valence-corrected chi connectivity index (χ4v) is 4.58. The van der Waals surface area contributed by atoms with Crippen molar-refractivity contribution in [1.29, 1.82) is 0 Å². The number of aryl methyl sites for hydroxylation is 1. The van der Waals surface area contributed by atoms with Crippen LogP contribution in [0.2, 0.25) is 0 Å². The summed E-state index contributed by atoms with van der Waals surface area (Å²) in [7, 11) is 0. The number of aromatic nitrogens is 2. The predicted octanol–water partition coefficient (Wildman–Crippen LogP) is 4.51. The van der Waals surface area contributed by atoms with Gasteiger partial charge in [-0.05, 0) is 44.4 Å². The highest BCUT2D eigenvalue weighted by atomic mass is 16.5. The summed E-state index contributed by atoms with van der Waals surface area (Å²) in [5, 5.41) is 7.58. The average molecular weight is 418 g/mol. The van der Waals surface area contributed by atoms with Gasteiger partial charge in [-0.1, -0.05) is 42.0 Å². The summed E-state index contributed by atoms with van der Waals surface area (Å²) in [6.45, 7) is 6.00. The Morgan fingerprint density at radius 2 is 1.94 bits per heavy atom. The van der Waals surface area contributed by atoms with Gasteiger partial charge in [0.2, 0.25) is 0 Å². The molecule has 1 fully saturated rings. The number of hydrogen-bond acceptors (Lipinski definition) is 4. The van der Waals surface area contributed by atoms with Crippen LogP contribution in [0.25, 0.3) is 11.3 Å². The quantitative estimate of drug-likeness (QED) is 0.641. The molecule has 3 heterocycles. The first-order chi connectivity index (χ1) is 15.2. The van der Waals surface area contributed by atoms with Crippen molar-refractivity contribution in [2.24, 2.45) is 0 Å². The largest absolute Gasteiger partial charge is 0.494 e. The Labute approximate surface area is 182 Å². The number of hydrogen-bond donors (Lipinski definition) is 1. The van der Waals surface area contributed by atoms with Crippen LogP contribution >= 0.6 is 0 Å². The standard InChI is InChI=1S/C25H27N3O3/c1-3-30-19-12-10-18(11-13-19)24-21-22(17-8-6-16(2)7-9-17)26-27-23(21)25(29)28(24)15-20-5-4-14-31-20/h6-13,20,24H,3-5,14-15H2,1-2H3,(H,26,27). The monoisotopic (exact) mass is 417 g/mol. The zero-order valence-corrected chi connectivity index (χ0v) is 17.9. The predicted molar refractivity (Wildman–Crippen MR) is 118 cm³/mol. The lowest BCUT2D eigenvalue weighted by molar-refractivity contribution is 0.0495. The lowest BCUT2D eigenvalue weighted by Gasteiger charge is -2.28. The summed E-state index contributed by atoms with van der Waals surface area (Å²) in [5.41, 5.74) is 5.59. The third-order valence-corrected chi connectivity index (χ3v) is 6.12. The first kappa shape index (κ1) is 19.8. The maximum absolute atomic E-state index is 13.4. The van der Waals surface area contributed by atoms with Gasteiger partial charge < -0.3 is 14.4 Å². The molecule has 1 saturated heterocycles. The van der Waals surface area contributed by atoms with E-state index in [1.165, 1.54) is 5.56 Å². The number of ether oxygens (including phenoxy) is 2. The van der Waals surface area contributed by atoms with Gasteiger partial charge in [-0.2, -0.15) is 5.10 Å². The molecule has 1 N–H and O–H groups in total. The van der Waals surface area contributed by atoms with Gasteiger partial charge in [0.25, 0.3) is 5.91 Å². The van der Waals surface area contributed by atoms with E-state index in [0.717, 1.165) is 47.6 Å². The molecular formula is C25H27N3O3. The molecule has 2 aliphatic heterocycles. The maximum Gasteiger partial charge on any atom is 0.273 e. The topological polar surface area (TPSA) is 67.5 Å². The Morgan fingerprint density at radius 1 is 1.16 bits per heavy atom. The van der Waals surface area contributed by atoms with Gasteiger partial charge in [-0.15, -0.1) is 0 Å². The second-order valence-electron chi connectivity index (χ2n) is 8.22. The van der Waals surface area contributed by atoms with E-state index in [-0.39, 0.29) is 18.1 Å². The molecule has 2 unspecified atom stereocenters. The highest BCUT2D eigenvalue weighted by molar-refractivity contribution is 6.00. The molecule has 5 rings (SSSR count). The van der Waals surface area contributed by atoms with Gasteiger partial charge in [0.05, 0.1) is 24.4 Å². The summed E-state index contributed by atoms with van der Waals surface area (Å²) in [5.74, 6) is 0.808. The summed E-state index contributed by atoms with van der Waals surface area (Å²) in [4.78, 5) is 15.3. The number of aromatic amines is 1. The number of nitrogens with zero attached hydrogens (tertiary/aromatic N) is 2. The number of H-pyrrole nitrogens is 1. The molecule has 0 aliphatic carbocycles. The van der Waals surface area contributed by atoms with Gasteiger partial charge in [0.15, 0.2) is 0 Å². The molecule has 2 aromatic carbocycles. The molecule has 2 atom stereocenters. The molecule has 160 valence electrons. The normalized spacial score (nSPS) is 20.3. The molecule has 0 bridgehead atoms. The molecule has 1 aromatic heterocycles. The van der Waals surface area contributed by atoms with E-state index in [1.54, 1.807) is 0 Å². The van der Waals surface area contributed by atoms with Gasteiger partial charge in [-0.3, -0.25) is 9.89 Å². The van der Waals surface area contributed by atoms with Crippen molar-refractivity contribution in [2.75, 3.05) is 19.8 Å². The smallest absolute Gasteiger partial charge is 0.273 e. The molecule has 6 heteroatoms. The number of carbonyl (C=O) groups excluding carboxylic acids is 1. The molecular weight excluding hydrogens is 390 g/mol. The highest BCUT2D eigenvalue weighted by Gasteiger charge is 2.43. The van der Waals surface area contributed by atoms with Crippen LogP contribution in [0.15, 0.2) is 48.5 Å². The summed E-state index contributed by atoms with van der Waals surface area (Å²) in [6, 6.07) is 16.1. The number of nitrogens with one attached hydrogen (secondary N) is 1. The maximum atomic E-state index is 13.4. The van der Waals surface area contributed by atoms with Crippen molar-refractivity contribution in [3.8, 4) is 17.0 Å². The molecule has 6 nitrogen and oxygen atoms in total. The molecule has 3 aromatic rings. The Kier molecular flexibility index (Phi) is 5.24. The minimum atomic E-state index is -0.211. The van der Waals surface area contributed by atoms with E-state index in [1.807, 2.05) is 36.1 Å². The van der Waals surface area contributed by atoms with E-state index in [0.29, 0.717) is 18.8 Å². The molecule has 2 aliphatic rings. The minimum Gasteiger partial charge on any atom is -0.494 e. The zero-order valence-electron chi connectivity index (χ0n) is 17.9. The van der Waals surface area contributed by atoms with Crippen LogP contribution in [0.1, 0.15) is 53.0 Å². The second kappa shape index (κ2) is 8.19. The SMILES string of the molecule is CCOc1ccc(C2c3c(-c4ccc(C)cc4)n[nH]c3C(=O)N2CC2CCCO2)cc1. The van der Waals surface area contributed by atoms with Crippen molar-refractivity contribution in [2.45, 2.75) is 38.8 Å². The van der Waals surface area contributed by atoms with E-state index in [9.17, 15) is 4.79 Å². The summed E-state index contributed by atoms with van der Waals surface area (Å²) < 4.78 is 11.5. The number of carbonyl (C=O) groups is 1. The fourth-order valence-electron chi connectivity index (χ4n) is 4.58. The number of amides is 1. The first-order valence-electron chi connectivity index (χ1n) is 11.0. The van der Waals surface area contributed by atoms with Crippen LogP contribution in [0, 0.1) is 6.92 Å². The average Bonchev–Trinajstić information content (AvgIpc) is 3.50. The van der Waals surface area contributed by atoms with Gasteiger partial charge in [-0.25, -0.2) is 0 Å². The van der Waals surface area contributed by atoms with Crippen molar-refractivity contribution in [3.05, 3.63) is 70.9 Å². The van der Waals surface area contributed by atoms with Crippen LogP contribution in [-0.2, 0) is 4.74 Å². The van der Waals surface area contributed by atoms with Crippen molar-refractivity contribution < 1.29 is 14.3 Å². The fraction of sp³-hybridized carbons (Fsp3) is 0.360. The third kappa shape index (κ3) is 3.61. The van der Waals surface area contributed by atoms with E-state index in [4.69, 9.17) is 9.47 Å². The number of benzene rings is 2. The van der Waals surface area contributed by atoms with Crippen molar-refractivity contribution in [1.82, 2.24) is 15.1 Å². The van der Waals surface area contributed by atoms with Crippen LogP contribution in [0.5, 0.6) is 5.75 Å². The second-order valence-corrected chi connectivity index (χ2v) is 8.22. The summed E-state index contributed by atoms with van der Waals surface area (Å²) in [6.07, 6.45) is 2.10. The molecule has 0 radical (unpaired) electrons. The van der Waals surface area contributed by atoms with Gasteiger partial charge >= 0.3 is 0 Å². The van der Waals surface area contributed by atoms with Crippen LogP contribution in [0.3, 0.4) is 0 Å². The van der Waals surface area contributed by atoms with Gasteiger partial charge in [0, 0.05) is 24.3 Å². The third-order valence-electron chi connectivity index (χ3n) is 6.12. The Bertz CT molecular complexity index is 1070. The molecule has 0 saturated carbocycles. The van der Waals surface area contributed by atoms with E-state index in [2.05, 4.69) is 41.4 Å². The highest BCUT2D eigenvalue weighted by Crippen LogP contribution is 2.43. The lowest BCUT2D eigenvalue weighted by atomic mass is 9.95. The Morgan fingerprint density at radius 3 is 2.61 bits per heavy atom. The lowest BCUT2D eigenvalue weighted by Crippen LogP contribution is -2.36. The van der Waals surface area contributed by atoms with Crippen LogP contribution in [-0.4, -0.2) is 46.9 Å². The molecule has 31 heavy (non-hydrogen) atoms. The van der Waals surface area contributed by atoms with Crippen molar-refractivity contribution in [3.63, 3.8) is 0 Å². The van der Waals surface area contributed by atoms with E-state index >= 15 is 0 Å². The van der Waals surface area contributed by atoms with Gasteiger partial charge in [0.1, 0.15) is 11.4 Å². The number of fused-ring (bicyclic) bond motifs is 1. The minimum absolute atomic E-state index is 0.0183. The molecule has 0 spiro atoms. The Balaban J connectivity index is 1.58. The summed E-state index contributed by atoms with van der Waals surface area (Å²) >= 11 is 0. The van der Waals surface area contributed by atoms with Crippen molar-refractivity contribution >= 4 is 5.91 Å². The molecule has 1 amide bonds. The van der Waals surface area contributed by atoms with Crippen LogP contribution in [0.4, 0.5) is 0 Å². The van der Waals surface area contributed by atoms with Crippen LogP contribution < -0.4 is 4.74 Å². The zero-order chi connectivity index (χ0) is 21.4. The number of rotatable bonds is 6. The Hall–Kier alpha value is -3.12. The van der Waals surface area contributed by atoms with E-state index < -0.39 is 0 Å².